The third-order valence-corrected chi connectivity index (χ3v) is 1.73. The molecule has 0 aliphatic heterocycles. The minimum atomic E-state index is -0.130. The first kappa shape index (κ1) is 9.84. The molecule has 0 N–H and O–H groups in total. The fourth-order valence-electron chi connectivity index (χ4n) is 0.563. The first-order valence-corrected chi connectivity index (χ1v) is 3.11. The van der Waals surface area contributed by atoms with E-state index in [4.69, 9.17) is 14.4 Å². The second-order valence-electron chi connectivity index (χ2n) is 2.11. The molecule has 0 spiro atoms. The Kier molecular flexibility index (Phi) is 3.81. The summed E-state index contributed by atoms with van der Waals surface area (Å²) in [6.45, 7) is 1.87. The van der Waals surface area contributed by atoms with Gasteiger partial charge in [-0.25, -0.2) is 0 Å². The highest BCUT2D eigenvalue weighted by Crippen LogP contribution is 2.10. The number of nitrogens with zero attached hydrogens (tertiary/aromatic N) is 1. The molecule has 0 heterocycles. The van der Waals surface area contributed by atoms with Crippen LogP contribution in [0.2, 0.25) is 0 Å². The molecule has 1 unspecified atom stereocenters. The molecule has 62 valence electrons. The summed E-state index contributed by atoms with van der Waals surface area (Å²) >= 11 is 0. The molecule has 0 bridgehead atoms. The first-order valence-electron chi connectivity index (χ1n) is 3.11. The van der Waals surface area contributed by atoms with E-state index < -0.39 is 0 Å². The van der Waals surface area contributed by atoms with Crippen LogP contribution >= 0.6 is 0 Å². The Morgan fingerprint density at radius 2 is 1.50 bits per heavy atom. The highest BCUT2D eigenvalue weighted by atomic mass is 17.0. The SMILES string of the molecule is COC(C)[N+](C)(OC)OC. The lowest BCUT2D eigenvalue weighted by atomic mass is 10.6. The number of hydrogen-bond donors (Lipinski definition) is 0. The number of methoxy groups -OCH3 is 1. The maximum absolute atomic E-state index is 5.03. The van der Waals surface area contributed by atoms with Crippen LogP contribution in [0.4, 0.5) is 0 Å². The maximum atomic E-state index is 5.03. The van der Waals surface area contributed by atoms with Crippen LogP contribution in [-0.2, 0) is 14.4 Å². The van der Waals surface area contributed by atoms with Crippen LogP contribution < -0.4 is 0 Å². The monoisotopic (exact) mass is 150 g/mol. The number of ether oxygens (including phenoxy) is 1. The van der Waals surface area contributed by atoms with E-state index in [1.54, 1.807) is 28.4 Å². The van der Waals surface area contributed by atoms with Crippen LogP contribution in [-0.4, -0.2) is 39.4 Å². The van der Waals surface area contributed by atoms with Gasteiger partial charge in [0.1, 0.15) is 7.05 Å². The Morgan fingerprint density at radius 1 is 1.10 bits per heavy atom. The van der Waals surface area contributed by atoms with Gasteiger partial charge >= 0.3 is 0 Å². The summed E-state index contributed by atoms with van der Waals surface area (Å²) in [5.74, 6) is 0. The number of rotatable bonds is 4. The lowest BCUT2D eigenvalue weighted by Gasteiger charge is -2.29. The summed E-state index contributed by atoms with van der Waals surface area (Å²) < 4.78 is 5.02. The number of hydroxylamine groups is 4. The Bertz CT molecular complexity index is 93.0. The minimum absolute atomic E-state index is 0.00347. The van der Waals surface area contributed by atoms with Crippen molar-refractivity contribution in [1.82, 2.24) is 0 Å². The van der Waals surface area contributed by atoms with E-state index >= 15 is 0 Å². The summed E-state index contributed by atoms with van der Waals surface area (Å²) in [7, 11) is 6.52. The molecule has 1 atom stereocenters. The van der Waals surface area contributed by atoms with Gasteiger partial charge in [0.15, 0.2) is 0 Å². The van der Waals surface area contributed by atoms with Gasteiger partial charge < -0.3 is 4.74 Å². The van der Waals surface area contributed by atoms with Gasteiger partial charge in [-0.1, -0.05) is 0 Å². The largest absolute Gasteiger partial charge is 0.328 e. The quantitative estimate of drug-likeness (QED) is 0.333. The molecule has 0 aliphatic carbocycles. The van der Waals surface area contributed by atoms with E-state index in [0.717, 1.165) is 0 Å². The Labute approximate surface area is 61.8 Å². The van der Waals surface area contributed by atoms with Gasteiger partial charge in [-0.3, -0.25) is 0 Å². The van der Waals surface area contributed by atoms with Crippen molar-refractivity contribution in [2.45, 2.75) is 13.2 Å². The zero-order valence-electron chi connectivity index (χ0n) is 7.25. The van der Waals surface area contributed by atoms with Crippen molar-refractivity contribution in [2.24, 2.45) is 0 Å². The fraction of sp³-hybridized carbons (Fsp3) is 1.00. The smallest absolute Gasteiger partial charge is 0.251 e. The Balaban J connectivity index is 4.02. The normalized spacial score (nSPS) is 15.3. The second kappa shape index (κ2) is 3.88. The van der Waals surface area contributed by atoms with Gasteiger partial charge in [0.25, 0.3) is 6.23 Å². The molecule has 4 nitrogen and oxygen atoms in total. The Hall–Kier alpha value is -0.160. The zero-order chi connectivity index (χ0) is 8.20. The second-order valence-corrected chi connectivity index (χ2v) is 2.11. The van der Waals surface area contributed by atoms with Gasteiger partial charge in [0, 0.05) is 14.0 Å². The van der Waals surface area contributed by atoms with Gasteiger partial charge in [-0.2, -0.15) is 9.68 Å². The third kappa shape index (κ3) is 1.91. The van der Waals surface area contributed by atoms with Crippen molar-refractivity contribution in [3.05, 3.63) is 0 Å². The minimum Gasteiger partial charge on any atom is -0.328 e. The molecule has 0 saturated carbocycles. The lowest BCUT2D eigenvalue weighted by Crippen LogP contribution is -2.49. The van der Waals surface area contributed by atoms with Crippen molar-refractivity contribution in [2.75, 3.05) is 28.4 Å². The summed E-state index contributed by atoms with van der Waals surface area (Å²) in [5.41, 5.74) is 0. The van der Waals surface area contributed by atoms with Gasteiger partial charge in [0.05, 0.1) is 14.2 Å². The third-order valence-electron chi connectivity index (χ3n) is 1.73. The van der Waals surface area contributed by atoms with Crippen molar-refractivity contribution >= 4 is 0 Å². The van der Waals surface area contributed by atoms with Gasteiger partial charge in [0.2, 0.25) is 0 Å². The Morgan fingerprint density at radius 3 is 1.60 bits per heavy atom. The summed E-state index contributed by atoms with van der Waals surface area (Å²) in [6.07, 6.45) is -0.130. The number of quaternary nitrogens is 1. The van der Waals surface area contributed by atoms with Crippen LogP contribution in [0.1, 0.15) is 6.92 Å². The predicted molar refractivity (Wildman–Crippen MR) is 36.7 cm³/mol. The summed E-state index contributed by atoms with van der Waals surface area (Å²) in [5, 5.41) is 0. The summed E-state index contributed by atoms with van der Waals surface area (Å²) in [4.78, 5) is 10.1. The van der Waals surface area contributed by atoms with Gasteiger partial charge in [-0.05, 0) is 4.81 Å². The van der Waals surface area contributed by atoms with Crippen molar-refractivity contribution in [3.63, 3.8) is 0 Å². The van der Waals surface area contributed by atoms with Crippen LogP contribution in [0.3, 0.4) is 0 Å². The molecule has 0 fully saturated rings. The molecule has 0 rings (SSSR count). The molecule has 0 aromatic carbocycles. The van der Waals surface area contributed by atoms with Crippen LogP contribution in [0.5, 0.6) is 0 Å². The zero-order valence-corrected chi connectivity index (χ0v) is 7.25. The van der Waals surface area contributed by atoms with Crippen LogP contribution in [0, 0.1) is 0 Å². The molecular weight excluding hydrogens is 134 g/mol. The van der Waals surface area contributed by atoms with E-state index in [0.29, 0.717) is 0 Å². The molecule has 0 radical (unpaired) electrons. The molecule has 0 aromatic rings. The molecule has 10 heavy (non-hydrogen) atoms. The topological polar surface area (TPSA) is 27.7 Å². The van der Waals surface area contributed by atoms with E-state index in [9.17, 15) is 0 Å². The predicted octanol–water partition coefficient (Wildman–Crippen LogP) is 0.548. The number of hydrogen-bond acceptors (Lipinski definition) is 3. The standard InChI is InChI=1S/C6H16NO3/c1-6(8-3)7(2,9-4)10-5/h6H,1-5H3/q+1. The fourth-order valence-corrected chi connectivity index (χ4v) is 0.563. The molecule has 0 aromatic heterocycles. The van der Waals surface area contributed by atoms with Crippen molar-refractivity contribution < 1.29 is 19.2 Å². The lowest BCUT2D eigenvalue weighted by molar-refractivity contribution is -1.25. The summed E-state index contributed by atoms with van der Waals surface area (Å²) in [6, 6.07) is 0. The van der Waals surface area contributed by atoms with Crippen LogP contribution in [0.15, 0.2) is 0 Å². The highest BCUT2D eigenvalue weighted by Gasteiger charge is 2.31. The molecule has 0 saturated heterocycles. The highest BCUT2D eigenvalue weighted by molar-refractivity contribution is 4.18. The van der Waals surface area contributed by atoms with E-state index in [1.807, 2.05) is 6.92 Å². The van der Waals surface area contributed by atoms with E-state index in [1.165, 1.54) is 0 Å². The first-order chi connectivity index (χ1) is 4.60. The van der Waals surface area contributed by atoms with Crippen molar-refractivity contribution in [1.29, 1.82) is 0 Å². The molecule has 0 aliphatic rings. The average Bonchev–Trinajstić information content (AvgIpc) is 2.01. The molecular formula is C6H16NO3+. The van der Waals surface area contributed by atoms with E-state index in [2.05, 4.69) is 0 Å². The maximum Gasteiger partial charge on any atom is 0.251 e. The average molecular weight is 150 g/mol. The van der Waals surface area contributed by atoms with E-state index in [-0.39, 0.29) is 11.0 Å². The molecule has 0 amide bonds. The van der Waals surface area contributed by atoms with Crippen LogP contribution in [0.25, 0.3) is 0 Å². The van der Waals surface area contributed by atoms with Gasteiger partial charge in [-0.15, -0.1) is 0 Å². The van der Waals surface area contributed by atoms with Crippen molar-refractivity contribution in [3.8, 4) is 0 Å². The molecule has 4 heteroatoms.